The summed E-state index contributed by atoms with van der Waals surface area (Å²) in [6.07, 6.45) is 3.13. The van der Waals surface area contributed by atoms with Crippen LogP contribution in [0.15, 0.2) is 33.4 Å². The summed E-state index contributed by atoms with van der Waals surface area (Å²) in [7, 11) is -0.642. The van der Waals surface area contributed by atoms with E-state index in [-0.39, 0.29) is 27.7 Å². The van der Waals surface area contributed by atoms with Gasteiger partial charge < -0.3 is 20.1 Å². The summed E-state index contributed by atoms with van der Waals surface area (Å²) >= 11 is 1.11. The summed E-state index contributed by atoms with van der Waals surface area (Å²) in [6, 6.07) is 4.66. The number of nitrogens with zero attached hydrogens (tertiary/aromatic N) is 2. The van der Waals surface area contributed by atoms with Crippen molar-refractivity contribution < 1.29 is 23.1 Å². The molecule has 1 aromatic carbocycles. The van der Waals surface area contributed by atoms with Crippen molar-refractivity contribution in [2.24, 2.45) is 5.73 Å². The number of likely N-dealkylation sites (N-methyl/N-ethyl adjacent to an activating group) is 1. The average Bonchev–Trinajstić information content (AvgIpc) is 3.48. The van der Waals surface area contributed by atoms with Crippen LogP contribution in [-0.2, 0) is 10.0 Å². The number of hydrogen-bond donors (Lipinski definition) is 2. The number of nitrogens with two attached hydrogens (primary N) is 1. The summed E-state index contributed by atoms with van der Waals surface area (Å²) in [5, 5.41) is 9.74. The topological polar surface area (TPSA) is 132 Å². The van der Waals surface area contributed by atoms with Crippen molar-refractivity contribution in [3.05, 3.63) is 45.7 Å². The summed E-state index contributed by atoms with van der Waals surface area (Å²) in [5.41, 5.74) is 7.05. The van der Waals surface area contributed by atoms with Gasteiger partial charge in [-0.05, 0) is 31.0 Å². The van der Waals surface area contributed by atoms with Gasteiger partial charge >= 0.3 is 5.97 Å². The molecule has 9 nitrogen and oxygen atoms in total. The van der Waals surface area contributed by atoms with Crippen LogP contribution in [0, 0.1) is 0 Å². The van der Waals surface area contributed by atoms with Gasteiger partial charge in [0, 0.05) is 47.9 Å². The van der Waals surface area contributed by atoms with Crippen molar-refractivity contribution in [1.82, 2.24) is 8.87 Å². The van der Waals surface area contributed by atoms with Gasteiger partial charge in [0.15, 0.2) is 5.75 Å². The molecule has 3 N–H and O–H groups in total. The molecule has 1 fully saturated rings. The maximum Gasteiger partial charge on any atom is 0.341 e. The predicted octanol–water partition coefficient (Wildman–Crippen LogP) is 2.41. The number of rotatable bonds is 4. The molecule has 0 radical (unpaired) electrons. The van der Waals surface area contributed by atoms with Crippen molar-refractivity contribution in [2.45, 2.75) is 29.1 Å². The highest BCUT2D eigenvalue weighted by Crippen LogP contribution is 2.47. The zero-order valence-corrected chi connectivity index (χ0v) is 19.0. The van der Waals surface area contributed by atoms with Gasteiger partial charge in [0.25, 0.3) is 10.0 Å². The highest BCUT2D eigenvalue weighted by molar-refractivity contribution is 7.91. The van der Waals surface area contributed by atoms with Crippen LogP contribution in [0.4, 0.5) is 0 Å². The largest absolute Gasteiger partial charge is 0.494 e. The molecule has 2 aromatic heterocycles. The van der Waals surface area contributed by atoms with Gasteiger partial charge in [0.05, 0.1) is 18.0 Å². The highest BCUT2D eigenvalue weighted by Gasteiger charge is 2.36. The third-order valence-electron chi connectivity index (χ3n) is 6.01. The van der Waals surface area contributed by atoms with E-state index >= 15 is 0 Å². The zero-order valence-electron chi connectivity index (χ0n) is 17.4. The first kappa shape index (κ1) is 21.1. The Morgan fingerprint density at radius 2 is 2.03 bits per heavy atom. The van der Waals surface area contributed by atoms with Gasteiger partial charge in [-0.1, -0.05) is 0 Å². The van der Waals surface area contributed by atoms with Crippen molar-refractivity contribution in [3.8, 4) is 16.2 Å². The minimum Gasteiger partial charge on any atom is -0.494 e. The number of aromatic nitrogens is 1. The number of sulfonamides is 1. The number of carbonyl (C=O) groups is 1. The Morgan fingerprint density at radius 1 is 1.31 bits per heavy atom. The number of carboxylic acid groups (broad SMARTS) is 1. The number of thiophene rings is 1. The lowest BCUT2D eigenvalue weighted by Crippen LogP contribution is -2.38. The van der Waals surface area contributed by atoms with E-state index in [2.05, 4.69) is 0 Å². The predicted molar refractivity (Wildman–Crippen MR) is 120 cm³/mol. The first-order valence-electron chi connectivity index (χ1n) is 10.00. The molecule has 5 rings (SSSR count). The maximum absolute atomic E-state index is 12.9. The Hall–Kier alpha value is -2.73. The van der Waals surface area contributed by atoms with Crippen LogP contribution in [0.25, 0.3) is 21.3 Å². The normalized spacial score (nSPS) is 20.3. The van der Waals surface area contributed by atoms with E-state index in [4.69, 9.17) is 10.5 Å². The Balaban J connectivity index is 1.80. The Bertz CT molecular complexity index is 1450. The van der Waals surface area contributed by atoms with Crippen LogP contribution in [0.2, 0.25) is 0 Å². The van der Waals surface area contributed by atoms with Crippen molar-refractivity contribution in [3.63, 3.8) is 0 Å². The number of methoxy groups -OCH3 is 1. The quantitative estimate of drug-likeness (QED) is 0.592. The Morgan fingerprint density at radius 3 is 2.66 bits per heavy atom. The molecule has 0 amide bonds. The van der Waals surface area contributed by atoms with Gasteiger partial charge in [-0.2, -0.15) is 4.31 Å². The van der Waals surface area contributed by atoms with Crippen LogP contribution < -0.4 is 15.9 Å². The molecular weight excluding hydrogens is 454 g/mol. The highest BCUT2D eigenvalue weighted by atomic mass is 32.2. The second-order valence-electron chi connectivity index (χ2n) is 8.10. The second kappa shape index (κ2) is 7.14. The standard InChI is InChI=1S/C21H21N3O6S2/c1-23-9-15(22)13-7-16(31-21(13)32(23,28)29)11-5-6-12-17(19(11)30-2)24(10-3-4-10)8-14(18(12)25)20(26)27/h5-8,10,15H,3-4,9,22H2,1-2H3,(H,26,27). The summed E-state index contributed by atoms with van der Waals surface area (Å²) in [6.45, 7) is 0.194. The average molecular weight is 476 g/mol. The van der Waals surface area contributed by atoms with Gasteiger partial charge in [-0.25, -0.2) is 13.2 Å². The smallest absolute Gasteiger partial charge is 0.341 e. The number of aromatic carboxylic acids is 1. The molecule has 3 aromatic rings. The molecule has 0 spiro atoms. The molecule has 168 valence electrons. The van der Waals surface area contributed by atoms with E-state index in [1.54, 1.807) is 22.8 Å². The number of hydrogen-bond acceptors (Lipinski definition) is 7. The first-order valence-corrected chi connectivity index (χ1v) is 12.3. The molecule has 2 aliphatic rings. The number of fused-ring (bicyclic) bond motifs is 2. The number of ether oxygens (including phenoxy) is 1. The molecule has 1 aliphatic carbocycles. The number of pyridine rings is 1. The summed E-state index contributed by atoms with van der Waals surface area (Å²) in [4.78, 5) is 25.1. The van der Waals surface area contributed by atoms with Crippen molar-refractivity contribution >= 4 is 38.2 Å². The maximum atomic E-state index is 12.9. The third kappa shape index (κ3) is 2.99. The van der Waals surface area contributed by atoms with Crippen LogP contribution in [-0.4, -0.2) is 49.1 Å². The minimum absolute atomic E-state index is 0.0827. The van der Waals surface area contributed by atoms with Crippen LogP contribution in [0.1, 0.15) is 40.8 Å². The molecule has 1 atom stereocenters. The molecule has 0 saturated heterocycles. The minimum atomic E-state index is -3.63. The van der Waals surface area contributed by atoms with Gasteiger partial charge in [0.1, 0.15) is 9.77 Å². The van der Waals surface area contributed by atoms with Crippen molar-refractivity contribution in [2.75, 3.05) is 20.7 Å². The van der Waals surface area contributed by atoms with Crippen LogP contribution in [0.5, 0.6) is 5.75 Å². The van der Waals surface area contributed by atoms with E-state index in [1.165, 1.54) is 24.7 Å². The third-order valence-corrected chi connectivity index (χ3v) is 9.54. The zero-order chi connectivity index (χ0) is 22.9. The fourth-order valence-electron chi connectivity index (χ4n) is 4.21. The van der Waals surface area contributed by atoms with Gasteiger partial charge in [-0.3, -0.25) is 4.79 Å². The van der Waals surface area contributed by atoms with Crippen molar-refractivity contribution in [1.29, 1.82) is 0 Å². The summed E-state index contributed by atoms with van der Waals surface area (Å²) in [5.74, 6) is -0.870. The van der Waals surface area contributed by atoms with E-state index < -0.39 is 27.5 Å². The lowest BCUT2D eigenvalue weighted by Gasteiger charge is -2.26. The monoisotopic (exact) mass is 475 g/mol. The fourth-order valence-corrected chi connectivity index (χ4v) is 7.41. The Labute approximate surface area is 187 Å². The van der Waals surface area contributed by atoms with E-state index in [0.29, 0.717) is 27.3 Å². The second-order valence-corrected chi connectivity index (χ2v) is 11.4. The Kier molecular flexibility index (Phi) is 4.71. The lowest BCUT2D eigenvalue weighted by atomic mass is 10.0. The number of carboxylic acids is 1. The van der Waals surface area contributed by atoms with Crippen LogP contribution >= 0.6 is 11.3 Å². The molecule has 32 heavy (non-hydrogen) atoms. The lowest BCUT2D eigenvalue weighted by molar-refractivity contribution is 0.0694. The number of benzene rings is 1. The molecule has 1 unspecified atom stereocenters. The van der Waals surface area contributed by atoms with E-state index in [0.717, 1.165) is 24.2 Å². The van der Waals surface area contributed by atoms with Crippen LogP contribution in [0.3, 0.4) is 0 Å². The first-order chi connectivity index (χ1) is 15.1. The molecule has 3 heterocycles. The van der Waals surface area contributed by atoms with Gasteiger partial charge in [-0.15, -0.1) is 11.3 Å². The summed E-state index contributed by atoms with van der Waals surface area (Å²) < 4.78 is 34.6. The van der Waals surface area contributed by atoms with E-state index in [9.17, 15) is 23.1 Å². The van der Waals surface area contributed by atoms with E-state index in [1.807, 2.05) is 0 Å². The molecular formula is C21H21N3O6S2. The molecule has 1 saturated carbocycles. The fraction of sp³-hybridized carbons (Fsp3) is 0.333. The van der Waals surface area contributed by atoms with Gasteiger partial charge in [0.2, 0.25) is 5.43 Å². The molecule has 1 aliphatic heterocycles. The SMILES string of the molecule is COc1c(-c2cc3c(s2)S(=O)(=O)N(C)CC3N)ccc2c(=O)c(C(=O)O)cn(C3CC3)c12. The molecule has 11 heteroatoms. The molecule has 0 bridgehead atoms.